The molecule has 6 atom stereocenters. The van der Waals surface area contributed by atoms with Crippen LogP contribution in [0.1, 0.15) is 68.3 Å². The maximum absolute atomic E-state index is 13.2. The number of benzene rings is 1. The van der Waals surface area contributed by atoms with Crippen LogP contribution in [0.15, 0.2) is 59.4 Å². The third-order valence-electron chi connectivity index (χ3n) is 9.83. The second-order valence-electron chi connectivity index (χ2n) is 13.8. The highest BCUT2D eigenvalue weighted by Crippen LogP contribution is 2.51. The molecule has 1 unspecified atom stereocenters. The van der Waals surface area contributed by atoms with E-state index in [-0.39, 0.29) is 53.1 Å². The van der Waals surface area contributed by atoms with E-state index in [1.807, 2.05) is 25.3 Å². The molecule has 14 nitrogen and oxygen atoms in total. The molecule has 3 aliphatic rings. The summed E-state index contributed by atoms with van der Waals surface area (Å²) in [7, 11) is 0. The number of aliphatic carboxylic acids is 1. The summed E-state index contributed by atoms with van der Waals surface area (Å²) in [6, 6.07) is 9.77. The monoisotopic (exact) mass is 750 g/mol. The highest BCUT2D eigenvalue weighted by atomic mass is 32.2. The Bertz CT molecular complexity index is 1660. The van der Waals surface area contributed by atoms with E-state index in [4.69, 9.17) is 4.74 Å². The molecule has 53 heavy (non-hydrogen) atoms. The van der Waals surface area contributed by atoms with E-state index in [1.165, 1.54) is 22.2 Å². The molecular weight excluding hydrogens is 701 g/mol. The summed E-state index contributed by atoms with van der Waals surface area (Å²) in [6.07, 6.45) is 8.34. The minimum absolute atomic E-state index is 0.0257. The number of aromatic nitrogens is 1. The van der Waals surface area contributed by atoms with E-state index < -0.39 is 24.0 Å². The fourth-order valence-corrected chi connectivity index (χ4v) is 8.55. The maximum Gasteiger partial charge on any atom is 0.353 e. The lowest BCUT2D eigenvalue weighted by Gasteiger charge is -2.46. The minimum atomic E-state index is -1.18. The molecule has 2 fully saturated rings. The summed E-state index contributed by atoms with van der Waals surface area (Å²) in [4.78, 5) is 68.8. The van der Waals surface area contributed by atoms with Gasteiger partial charge in [-0.3, -0.25) is 24.2 Å². The minimum Gasteiger partial charge on any atom is -0.477 e. The van der Waals surface area contributed by atoms with Crippen molar-refractivity contribution < 1.29 is 38.9 Å². The molecular formula is C38H50N6O8S. The molecule has 6 N–H and O–H groups in total. The van der Waals surface area contributed by atoms with E-state index in [0.717, 1.165) is 38.5 Å². The predicted molar refractivity (Wildman–Crippen MR) is 200 cm³/mol. The van der Waals surface area contributed by atoms with Crippen molar-refractivity contribution >= 4 is 47.0 Å². The Balaban J connectivity index is 0.951. The molecule has 1 aromatic heterocycles. The SMILES string of the molecule is C[C@H]1C(S[C@@H]2CN[C@H](C(=O)Nc3cccc(C(=O)NCCCCCNC(=O)COCCCCc4cccnc4)c3)C2)=C(C(=O)O)N2C(=O)[C@H]([C@@H](C)O)C12. The molecule has 0 radical (unpaired) electrons. The molecule has 0 bridgehead atoms. The number of carboxylic acids is 1. The van der Waals surface area contributed by atoms with Crippen molar-refractivity contribution in [3.63, 3.8) is 0 Å². The van der Waals surface area contributed by atoms with Crippen LogP contribution in [0.3, 0.4) is 0 Å². The Morgan fingerprint density at radius 1 is 1.08 bits per heavy atom. The normalized spacial score (nSPS) is 22.6. The Kier molecular flexibility index (Phi) is 14.4. The first-order valence-electron chi connectivity index (χ1n) is 18.4. The third-order valence-corrected chi connectivity index (χ3v) is 11.3. The van der Waals surface area contributed by atoms with E-state index in [2.05, 4.69) is 26.3 Å². The Hall–Kier alpha value is -4.31. The molecule has 4 heterocycles. The molecule has 0 saturated carbocycles. The summed E-state index contributed by atoms with van der Waals surface area (Å²) in [6.45, 7) is 5.49. The maximum atomic E-state index is 13.2. The fourth-order valence-electron chi connectivity index (χ4n) is 7.07. The van der Waals surface area contributed by atoms with Crippen LogP contribution in [0.2, 0.25) is 0 Å². The number of hydrogen-bond acceptors (Lipinski definition) is 10. The first kappa shape index (κ1) is 39.9. The van der Waals surface area contributed by atoms with E-state index in [9.17, 15) is 34.2 Å². The first-order chi connectivity index (χ1) is 25.5. The number of pyridine rings is 1. The Morgan fingerprint density at radius 2 is 1.87 bits per heavy atom. The lowest BCUT2D eigenvalue weighted by molar-refractivity contribution is -0.163. The van der Waals surface area contributed by atoms with Gasteiger partial charge in [0.05, 0.1) is 24.1 Å². The summed E-state index contributed by atoms with van der Waals surface area (Å²) in [5, 5.41) is 31.8. The fraction of sp³-hybridized carbons (Fsp3) is 0.526. The van der Waals surface area contributed by atoms with E-state index in [0.29, 0.717) is 48.8 Å². The number of β-lactam (4-membered cyclic amide) rings is 1. The smallest absolute Gasteiger partial charge is 0.353 e. The zero-order chi connectivity index (χ0) is 37.9. The number of rotatable bonds is 20. The van der Waals surface area contributed by atoms with E-state index in [1.54, 1.807) is 37.4 Å². The number of carbonyl (C=O) groups is 5. The summed E-state index contributed by atoms with van der Waals surface area (Å²) >= 11 is 1.38. The second kappa shape index (κ2) is 19.1. The second-order valence-corrected chi connectivity index (χ2v) is 15.2. The molecule has 2 saturated heterocycles. The average Bonchev–Trinajstić information content (AvgIpc) is 3.70. The van der Waals surface area contributed by atoms with E-state index >= 15 is 0 Å². The zero-order valence-corrected chi connectivity index (χ0v) is 31.0. The van der Waals surface area contributed by atoms with Gasteiger partial charge < -0.3 is 41.1 Å². The average molecular weight is 751 g/mol. The van der Waals surface area contributed by atoms with Crippen LogP contribution >= 0.6 is 11.8 Å². The van der Waals surface area contributed by atoms with Crippen LogP contribution in [0.25, 0.3) is 0 Å². The van der Waals surface area contributed by atoms with Gasteiger partial charge in [-0.2, -0.15) is 0 Å². The number of amides is 4. The number of carbonyl (C=O) groups excluding carboxylic acids is 4. The van der Waals surface area contributed by atoms with Gasteiger partial charge in [-0.25, -0.2) is 4.79 Å². The van der Waals surface area contributed by atoms with Gasteiger partial charge in [0.1, 0.15) is 12.3 Å². The number of aryl methyl sites for hydroxylation is 1. The van der Waals surface area contributed by atoms with Gasteiger partial charge in [-0.1, -0.05) is 19.1 Å². The largest absolute Gasteiger partial charge is 0.477 e. The van der Waals surface area contributed by atoms with Gasteiger partial charge in [0.2, 0.25) is 17.7 Å². The van der Waals surface area contributed by atoms with Gasteiger partial charge in [-0.05, 0) is 81.7 Å². The van der Waals surface area contributed by atoms with Crippen LogP contribution in [0.5, 0.6) is 0 Å². The number of thioether (sulfide) groups is 1. The molecule has 0 spiro atoms. The number of hydrogen-bond donors (Lipinski definition) is 6. The number of nitrogens with zero attached hydrogens (tertiary/aromatic N) is 2. The Labute approximate surface area is 313 Å². The van der Waals surface area contributed by atoms with Crippen LogP contribution in [-0.4, -0.2) is 106 Å². The molecule has 0 aliphatic carbocycles. The summed E-state index contributed by atoms with van der Waals surface area (Å²) < 4.78 is 5.47. The topological polar surface area (TPSA) is 199 Å². The number of aliphatic hydroxyl groups excluding tert-OH is 1. The number of carboxylic acid groups (broad SMARTS) is 1. The number of nitrogens with one attached hydrogen (secondary N) is 4. The number of unbranched alkanes of at least 4 members (excludes halogenated alkanes) is 3. The lowest BCUT2D eigenvalue weighted by Crippen LogP contribution is -2.63. The molecule has 5 rings (SSSR count). The molecule has 286 valence electrons. The van der Waals surface area contributed by atoms with Gasteiger partial charge >= 0.3 is 5.97 Å². The summed E-state index contributed by atoms with van der Waals surface area (Å²) in [5.74, 6) is -3.07. The van der Waals surface area contributed by atoms with Crippen molar-refractivity contribution in [1.82, 2.24) is 25.8 Å². The van der Waals surface area contributed by atoms with Crippen LogP contribution in [0.4, 0.5) is 5.69 Å². The first-order valence-corrected chi connectivity index (χ1v) is 19.2. The van der Waals surface area contributed by atoms with Crippen LogP contribution in [-0.2, 0) is 30.3 Å². The number of aliphatic hydroxyl groups is 1. The molecule has 2 aromatic rings. The standard InChI is InChI=1S/C38H50N6O8S/c1-23-32-31(24(2)45)37(49)44(32)33(38(50)51)34(23)53-28-19-29(42-21-28)36(48)43-27-13-8-12-26(18-27)35(47)41-16-6-3-5-15-40-30(46)22-52-17-7-4-10-25-11-9-14-39-20-25/h8-9,11-14,18,20,23-24,28-29,31-32,42,45H,3-7,10,15-17,19,21-22H2,1-2H3,(H,40,46)(H,41,47)(H,43,48)(H,50,51)/t23-,24-,28+,29+,31-,32?/m1/s1. The number of ether oxygens (including phenoxy) is 1. The number of anilines is 1. The third kappa shape index (κ3) is 10.4. The van der Waals surface area contributed by atoms with Crippen molar-refractivity contribution in [2.45, 2.75) is 82.2 Å². The van der Waals surface area contributed by atoms with Crippen molar-refractivity contribution in [3.8, 4) is 0 Å². The van der Waals surface area contributed by atoms with Gasteiger partial charge in [0, 0.05) is 66.0 Å². The molecule has 4 amide bonds. The molecule has 3 aliphatic heterocycles. The number of fused-ring (bicyclic) bond motifs is 1. The van der Waals surface area contributed by atoms with Crippen molar-refractivity contribution in [1.29, 1.82) is 0 Å². The molecule has 1 aromatic carbocycles. The van der Waals surface area contributed by atoms with Crippen LogP contribution in [0, 0.1) is 11.8 Å². The molecule has 15 heteroatoms. The highest BCUT2D eigenvalue weighted by Gasteiger charge is 2.60. The lowest BCUT2D eigenvalue weighted by atomic mass is 9.79. The van der Waals surface area contributed by atoms with Crippen molar-refractivity contribution in [3.05, 3.63) is 70.5 Å². The zero-order valence-electron chi connectivity index (χ0n) is 30.2. The Morgan fingerprint density at radius 3 is 2.60 bits per heavy atom. The summed E-state index contributed by atoms with van der Waals surface area (Å²) in [5.41, 5.74) is 2.07. The van der Waals surface area contributed by atoms with Crippen LogP contribution < -0.4 is 21.3 Å². The highest BCUT2D eigenvalue weighted by molar-refractivity contribution is 8.03. The van der Waals surface area contributed by atoms with Gasteiger partial charge in [-0.15, -0.1) is 11.8 Å². The van der Waals surface area contributed by atoms with Gasteiger partial charge in [0.15, 0.2) is 0 Å². The van der Waals surface area contributed by atoms with Crippen molar-refractivity contribution in [2.24, 2.45) is 11.8 Å². The predicted octanol–water partition coefficient (Wildman–Crippen LogP) is 2.69. The van der Waals surface area contributed by atoms with Gasteiger partial charge in [0.25, 0.3) is 5.91 Å². The van der Waals surface area contributed by atoms with Crippen molar-refractivity contribution in [2.75, 3.05) is 38.2 Å². The quantitative estimate of drug-likeness (QED) is 0.0860.